The summed E-state index contributed by atoms with van der Waals surface area (Å²) in [6, 6.07) is 6.11. The molecule has 1 saturated carbocycles. The Morgan fingerprint density at radius 2 is 2.05 bits per heavy atom. The normalized spacial score (nSPS) is 21.7. The molecule has 1 atom stereocenters. The van der Waals surface area contributed by atoms with Crippen LogP contribution in [0.1, 0.15) is 49.3 Å². The lowest BCUT2D eigenvalue weighted by Gasteiger charge is -2.27. The molecule has 0 aromatic heterocycles. The Bertz CT molecular complexity index is 485. The van der Waals surface area contributed by atoms with Crippen molar-refractivity contribution in [3.8, 4) is 5.75 Å². The molecule has 0 saturated heterocycles. The molecule has 0 radical (unpaired) electrons. The number of ether oxygens (including phenoxy) is 1. The highest BCUT2D eigenvalue weighted by Crippen LogP contribution is 2.36. The van der Waals surface area contributed by atoms with E-state index in [9.17, 15) is 5.11 Å². The van der Waals surface area contributed by atoms with Crippen molar-refractivity contribution in [2.75, 3.05) is 26.3 Å². The number of fused-ring (bicyclic) bond motifs is 1. The predicted octanol–water partition coefficient (Wildman–Crippen LogP) is 2.49. The molecule has 1 aliphatic heterocycles. The van der Waals surface area contributed by atoms with Gasteiger partial charge in [-0.1, -0.05) is 25.3 Å². The minimum Gasteiger partial charge on any atom is -0.492 e. The molecule has 4 heteroatoms. The highest BCUT2D eigenvalue weighted by atomic mass is 16.5. The van der Waals surface area contributed by atoms with E-state index in [4.69, 9.17) is 9.84 Å². The Morgan fingerprint density at radius 3 is 2.82 bits per heavy atom. The van der Waals surface area contributed by atoms with Crippen LogP contribution in [0.5, 0.6) is 5.75 Å². The van der Waals surface area contributed by atoms with Gasteiger partial charge in [-0.3, -0.25) is 4.90 Å². The summed E-state index contributed by atoms with van der Waals surface area (Å²) >= 11 is 0. The molecule has 122 valence electrons. The van der Waals surface area contributed by atoms with Gasteiger partial charge in [0.05, 0.1) is 12.7 Å². The van der Waals surface area contributed by atoms with Crippen molar-refractivity contribution in [3.05, 3.63) is 29.3 Å². The fourth-order valence-corrected chi connectivity index (χ4v) is 3.71. The standard InChI is InChI=1S/C18H27NO3/c20-10-8-19-9-11-22-17-7-6-15(12-16(17)13-19)18(21)14-4-2-1-3-5-14/h6-7,12,14,18,20-21H,1-5,8-11,13H2. The molecule has 1 aromatic carbocycles. The average molecular weight is 305 g/mol. The second kappa shape index (κ2) is 7.44. The first-order valence-electron chi connectivity index (χ1n) is 8.55. The molecule has 4 nitrogen and oxygen atoms in total. The van der Waals surface area contributed by atoms with Crippen molar-refractivity contribution in [1.82, 2.24) is 4.90 Å². The molecular weight excluding hydrogens is 278 g/mol. The smallest absolute Gasteiger partial charge is 0.123 e. The van der Waals surface area contributed by atoms with Gasteiger partial charge in [0.2, 0.25) is 0 Å². The fraction of sp³-hybridized carbons (Fsp3) is 0.667. The average Bonchev–Trinajstić information content (AvgIpc) is 2.76. The van der Waals surface area contributed by atoms with E-state index in [1.807, 2.05) is 12.1 Å². The Morgan fingerprint density at radius 1 is 1.23 bits per heavy atom. The van der Waals surface area contributed by atoms with Gasteiger partial charge in [0.15, 0.2) is 0 Å². The lowest BCUT2D eigenvalue weighted by atomic mass is 9.82. The second-order valence-corrected chi connectivity index (χ2v) is 6.56. The van der Waals surface area contributed by atoms with Gasteiger partial charge < -0.3 is 14.9 Å². The Labute approximate surface area is 132 Å². The highest BCUT2D eigenvalue weighted by Gasteiger charge is 2.24. The largest absolute Gasteiger partial charge is 0.492 e. The summed E-state index contributed by atoms with van der Waals surface area (Å²) in [6.45, 7) is 3.09. The molecular formula is C18H27NO3. The monoisotopic (exact) mass is 305 g/mol. The van der Waals surface area contributed by atoms with Gasteiger partial charge in [-0.05, 0) is 36.5 Å². The third kappa shape index (κ3) is 3.62. The van der Waals surface area contributed by atoms with E-state index in [2.05, 4.69) is 11.0 Å². The van der Waals surface area contributed by atoms with Gasteiger partial charge in [0.1, 0.15) is 12.4 Å². The molecule has 3 rings (SSSR count). The number of benzene rings is 1. The molecule has 0 spiro atoms. The number of β-amino-alcohol motifs (C(OH)–C–C–N with tert-alkyl or cyclic N) is 1. The summed E-state index contributed by atoms with van der Waals surface area (Å²) in [6.07, 6.45) is 5.67. The van der Waals surface area contributed by atoms with Crippen LogP contribution >= 0.6 is 0 Å². The third-order valence-corrected chi connectivity index (χ3v) is 5.00. The van der Waals surface area contributed by atoms with E-state index in [0.717, 1.165) is 42.8 Å². The van der Waals surface area contributed by atoms with Crippen LogP contribution in [0, 0.1) is 5.92 Å². The van der Waals surface area contributed by atoms with Crippen LogP contribution in [-0.4, -0.2) is 41.4 Å². The van der Waals surface area contributed by atoms with E-state index in [1.165, 1.54) is 19.3 Å². The molecule has 0 bridgehead atoms. The number of aliphatic hydroxyl groups is 2. The first-order chi connectivity index (χ1) is 10.8. The van der Waals surface area contributed by atoms with Crippen molar-refractivity contribution >= 4 is 0 Å². The second-order valence-electron chi connectivity index (χ2n) is 6.56. The van der Waals surface area contributed by atoms with Gasteiger partial charge in [-0.25, -0.2) is 0 Å². The van der Waals surface area contributed by atoms with Crippen molar-refractivity contribution in [2.24, 2.45) is 5.92 Å². The first-order valence-corrected chi connectivity index (χ1v) is 8.55. The number of hydrogen-bond donors (Lipinski definition) is 2. The zero-order chi connectivity index (χ0) is 15.4. The summed E-state index contributed by atoms with van der Waals surface area (Å²) in [5.74, 6) is 1.31. The van der Waals surface area contributed by atoms with Crippen molar-refractivity contribution < 1.29 is 14.9 Å². The van der Waals surface area contributed by atoms with E-state index < -0.39 is 0 Å². The van der Waals surface area contributed by atoms with Crippen LogP contribution in [-0.2, 0) is 6.54 Å². The Balaban J connectivity index is 1.76. The van der Waals surface area contributed by atoms with Gasteiger partial charge in [-0.15, -0.1) is 0 Å². The summed E-state index contributed by atoms with van der Waals surface area (Å²) in [4.78, 5) is 2.20. The number of rotatable bonds is 4. The predicted molar refractivity (Wildman–Crippen MR) is 85.8 cm³/mol. The maximum absolute atomic E-state index is 10.7. The summed E-state index contributed by atoms with van der Waals surface area (Å²) in [5, 5.41) is 19.8. The van der Waals surface area contributed by atoms with E-state index in [0.29, 0.717) is 19.1 Å². The molecule has 1 heterocycles. The maximum atomic E-state index is 10.7. The molecule has 1 unspecified atom stereocenters. The Kier molecular flexibility index (Phi) is 5.34. The van der Waals surface area contributed by atoms with Gasteiger partial charge >= 0.3 is 0 Å². The van der Waals surface area contributed by atoms with Crippen LogP contribution < -0.4 is 4.74 Å². The highest BCUT2D eigenvalue weighted by molar-refractivity contribution is 5.38. The zero-order valence-electron chi connectivity index (χ0n) is 13.2. The number of hydrogen-bond acceptors (Lipinski definition) is 4. The molecule has 2 N–H and O–H groups in total. The van der Waals surface area contributed by atoms with Crippen LogP contribution in [0.3, 0.4) is 0 Å². The minimum atomic E-state index is -0.361. The van der Waals surface area contributed by atoms with Crippen molar-refractivity contribution in [1.29, 1.82) is 0 Å². The van der Waals surface area contributed by atoms with Crippen molar-refractivity contribution in [2.45, 2.75) is 44.8 Å². The third-order valence-electron chi connectivity index (χ3n) is 5.00. The van der Waals surface area contributed by atoms with Crippen LogP contribution in [0.25, 0.3) is 0 Å². The summed E-state index contributed by atoms with van der Waals surface area (Å²) in [5.41, 5.74) is 2.14. The molecule has 1 aliphatic carbocycles. The van der Waals surface area contributed by atoms with Gasteiger partial charge in [-0.2, -0.15) is 0 Å². The molecule has 1 fully saturated rings. The number of nitrogens with zero attached hydrogens (tertiary/aromatic N) is 1. The quantitative estimate of drug-likeness (QED) is 0.897. The zero-order valence-corrected chi connectivity index (χ0v) is 13.2. The molecule has 2 aliphatic rings. The number of aliphatic hydroxyl groups excluding tert-OH is 2. The van der Waals surface area contributed by atoms with E-state index >= 15 is 0 Å². The molecule has 1 aromatic rings. The van der Waals surface area contributed by atoms with Crippen molar-refractivity contribution in [3.63, 3.8) is 0 Å². The summed E-state index contributed by atoms with van der Waals surface area (Å²) < 4.78 is 5.80. The maximum Gasteiger partial charge on any atom is 0.123 e. The van der Waals surface area contributed by atoms with Crippen LogP contribution in [0.15, 0.2) is 18.2 Å². The van der Waals surface area contributed by atoms with E-state index in [-0.39, 0.29) is 12.7 Å². The summed E-state index contributed by atoms with van der Waals surface area (Å²) in [7, 11) is 0. The molecule has 0 amide bonds. The Hall–Kier alpha value is -1.10. The molecule has 22 heavy (non-hydrogen) atoms. The topological polar surface area (TPSA) is 52.9 Å². The SMILES string of the molecule is OCCN1CCOc2ccc(C(O)C3CCCCC3)cc2C1. The van der Waals surface area contributed by atoms with Gasteiger partial charge in [0.25, 0.3) is 0 Å². The van der Waals surface area contributed by atoms with Crippen LogP contribution in [0.4, 0.5) is 0 Å². The minimum absolute atomic E-state index is 0.166. The van der Waals surface area contributed by atoms with Gasteiger partial charge in [0, 0.05) is 25.2 Å². The lowest BCUT2D eigenvalue weighted by molar-refractivity contribution is 0.0847. The van der Waals surface area contributed by atoms with Crippen LogP contribution in [0.2, 0.25) is 0 Å². The fourth-order valence-electron chi connectivity index (χ4n) is 3.71. The lowest BCUT2D eigenvalue weighted by Crippen LogP contribution is -2.28. The van der Waals surface area contributed by atoms with E-state index in [1.54, 1.807) is 0 Å². The first kappa shape index (κ1) is 15.8.